The van der Waals surface area contributed by atoms with Crippen LogP contribution in [0.15, 0.2) is 11.4 Å². The molecule has 0 saturated carbocycles. The second kappa shape index (κ2) is 4.02. The van der Waals surface area contributed by atoms with Crippen LogP contribution in [0.2, 0.25) is 0 Å². The Morgan fingerprint density at radius 3 is 2.45 bits per heavy atom. The molecule has 2 aliphatic heterocycles. The van der Waals surface area contributed by atoms with Crippen LogP contribution in [0.25, 0.3) is 0 Å². The number of imidazole rings is 1. The molecule has 0 amide bonds. The predicted molar refractivity (Wildman–Crippen MR) is 62.5 cm³/mol. The summed E-state index contributed by atoms with van der Waals surface area (Å²) >= 11 is 0. The third-order valence-electron chi connectivity index (χ3n) is 3.35. The zero-order valence-electron chi connectivity index (χ0n) is 10.1. The molecular formula is C12H6N8. The third kappa shape index (κ3) is 1.28. The molecular weight excluding hydrogens is 256 g/mol. The van der Waals surface area contributed by atoms with Crippen molar-refractivity contribution in [2.75, 3.05) is 6.54 Å². The van der Waals surface area contributed by atoms with Crippen molar-refractivity contribution in [2.45, 2.75) is 12.7 Å². The first-order valence-electron chi connectivity index (χ1n) is 5.73. The van der Waals surface area contributed by atoms with E-state index in [9.17, 15) is 0 Å². The third-order valence-corrected chi connectivity index (χ3v) is 3.35. The van der Waals surface area contributed by atoms with Crippen LogP contribution in [0.3, 0.4) is 0 Å². The number of nitrogens with zero attached hydrogens (tertiary/aromatic N) is 7. The van der Waals surface area contributed by atoms with Gasteiger partial charge in [0.05, 0.1) is 0 Å². The monoisotopic (exact) mass is 262 g/mol. The molecule has 0 radical (unpaired) electrons. The van der Waals surface area contributed by atoms with Crippen LogP contribution in [0.5, 0.6) is 0 Å². The molecule has 1 aromatic heterocycles. The molecule has 1 N–H and O–H groups in total. The number of hydrogen-bond acceptors (Lipinski definition) is 7. The van der Waals surface area contributed by atoms with Gasteiger partial charge >= 0.3 is 0 Å². The fourth-order valence-electron chi connectivity index (χ4n) is 2.51. The van der Waals surface area contributed by atoms with Crippen molar-refractivity contribution in [1.82, 2.24) is 19.8 Å². The highest BCUT2D eigenvalue weighted by Crippen LogP contribution is 2.33. The molecule has 8 heteroatoms. The normalized spacial score (nSPS) is 19.0. The maximum Gasteiger partial charge on any atom is 0.177 e. The van der Waals surface area contributed by atoms with E-state index in [1.807, 2.05) is 24.3 Å². The van der Waals surface area contributed by atoms with E-state index in [1.165, 1.54) is 0 Å². The van der Waals surface area contributed by atoms with Gasteiger partial charge in [0.2, 0.25) is 0 Å². The Hall–Kier alpha value is -3.49. The second-order valence-corrected chi connectivity index (χ2v) is 4.23. The van der Waals surface area contributed by atoms with E-state index in [-0.39, 0.29) is 22.8 Å². The first kappa shape index (κ1) is 11.6. The van der Waals surface area contributed by atoms with Crippen LogP contribution in [0, 0.1) is 45.3 Å². The Morgan fingerprint density at radius 1 is 1.05 bits per heavy atom. The van der Waals surface area contributed by atoms with Gasteiger partial charge in [0, 0.05) is 13.1 Å². The van der Waals surface area contributed by atoms with E-state index in [0.717, 1.165) is 0 Å². The lowest BCUT2D eigenvalue weighted by Gasteiger charge is -2.31. The van der Waals surface area contributed by atoms with Gasteiger partial charge in [0.15, 0.2) is 29.1 Å². The molecule has 3 rings (SSSR count). The molecule has 8 nitrogen and oxygen atoms in total. The predicted octanol–water partition coefficient (Wildman–Crippen LogP) is -0.197. The molecule has 3 heterocycles. The zero-order chi connectivity index (χ0) is 14.3. The average molecular weight is 262 g/mol. The maximum atomic E-state index is 9.13. The van der Waals surface area contributed by atoms with E-state index < -0.39 is 6.17 Å². The highest BCUT2D eigenvalue weighted by atomic mass is 15.4. The van der Waals surface area contributed by atoms with Gasteiger partial charge in [0.25, 0.3) is 0 Å². The number of aromatic nitrogens is 2. The number of nitrogens with one attached hydrogen (secondary N) is 1. The van der Waals surface area contributed by atoms with Crippen molar-refractivity contribution < 1.29 is 0 Å². The minimum absolute atomic E-state index is 0.0649. The number of nitriles is 4. The Morgan fingerprint density at radius 2 is 1.85 bits per heavy atom. The second-order valence-electron chi connectivity index (χ2n) is 4.23. The molecule has 2 aliphatic rings. The van der Waals surface area contributed by atoms with E-state index >= 15 is 0 Å². The fourth-order valence-corrected chi connectivity index (χ4v) is 2.51. The van der Waals surface area contributed by atoms with Crippen LogP contribution < -0.4 is 5.32 Å². The molecule has 1 unspecified atom stereocenters. The number of hydrogen-bond donors (Lipinski definition) is 1. The summed E-state index contributed by atoms with van der Waals surface area (Å²) in [6.07, 6.45) is -0.484. The summed E-state index contributed by atoms with van der Waals surface area (Å²) in [5, 5.41) is 39.2. The average Bonchev–Trinajstić information content (AvgIpc) is 3.03. The summed E-state index contributed by atoms with van der Waals surface area (Å²) in [6.45, 7) is 0.906. The van der Waals surface area contributed by atoms with E-state index in [0.29, 0.717) is 18.9 Å². The molecule has 1 aromatic rings. The molecule has 0 saturated heterocycles. The van der Waals surface area contributed by atoms with Crippen molar-refractivity contribution in [3.8, 4) is 24.3 Å². The maximum absolute atomic E-state index is 9.13. The van der Waals surface area contributed by atoms with Crippen molar-refractivity contribution in [1.29, 1.82) is 21.0 Å². The van der Waals surface area contributed by atoms with Crippen molar-refractivity contribution in [3.63, 3.8) is 0 Å². The topological polar surface area (TPSA) is 128 Å². The first-order valence-corrected chi connectivity index (χ1v) is 5.73. The van der Waals surface area contributed by atoms with E-state index in [4.69, 9.17) is 21.0 Å². The minimum Gasteiger partial charge on any atom is -0.348 e. The van der Waals surface area contributed by atoms with Crippen LogP contribution >= 0.6 is 0 Å². The number of fused-ring (bicyclic) bond motifs is 3. The quantitative estimate of drug-likeness (QED) is 0.685. The Balaban J connectivity index is 2.13. The lowest BCUT2D eigenvalue weighted by molar-refractivity contribution is 0.211. The van der Waals surface area contributed by atoms with Crippen LogP contribution in [0.1, 0.15) is 23.4 Å². The first-order chi connectivity index (χ1) is 9.74. The smallest absolute Gasteiger partial charge is 0.177 e. The van der Waals surface area contributed by atoms with Gasteiger partial charge in [-0.2, -0.15) is 21.0 Å². The van der Waals surface area contributed by atoms with Gasteiger partial charge in [-0.15, -0.1) is 0 Å². The fraction of sp³-hybridized carbons (Fsp3) is 0.250. The summed E-state index contributed by atoms with van der Waals surface area (Å²) in [4.78, 5) is 5.88. The van der Waals surface area contributed by atoms with Crippen molar-refractivity contribution in [2.24, 2.45) is 0 Å². The van der Waals surface area contributed by atoms with Gasteiger partial charge in [-0.3, -0.25) is 0 Å². The summed E-state index contributed by atoms with van der Waals surface area (Å²) in [6, 6.07) is 7.80. The molecule has 0 spiro atoms. The van der Waals surface area contributed by atoms with Gasteiger partial charge in [-0.1, -0.05) is 0 Å². The number of rotatable bonds is 0. The summed E-state index contributed by atoms with van der Waals surface area (Å²) < 4.78 is 1.65. The summed E-state index contributed by atoms with van der Waals surface area (Å²) in [5.41, 5.74) is 0.734. The highest BCUT2D eigenvalue weighted by molar-refractivity contribution is 5.44. The Kier molecular flexibility index (Phi) is 2.33. The summed E-state index contributed by atoms with van der Waals surface area (Å²) in [5.74, 6) is 0.474. The Labute approximate surface area is 114 Å². The summed E-state index contributed by atoms with van der Waals surface area (Å²) in [7, 11) is 0. The minimum atomic E-state index is -0.484. The largest absolute Gasteiger partial charge is 0.348 e. The van der Waals surface area contributed by atoms with Gasteiger partial charge in [0.1, 0.15) is 30.0 Å². The highest BCUT2D eigenvalue weighted by Gasteiger charge is 2.39. The van der Waals surface area contributed by atoms with Gasteiger partial charge in [-0.25, -0.2) is 4.98 Å². The van der Waals surface area contributed by atoms with Gasteiger partial charge in [-0.05, 0) is 0 Å². The molecule has 0 bridgehead atoms. The molecule has 0 aliphatic carbocycles. The lowest BCUT2D eigenvalue weighted by atomic mass is 10.3. The van der Waals surface area contributed by atoms with Crippen molar-refractivity contribution in [3.05, 3.63) is 28.6 Å². The Bertz CT molecular complexity index is 801. The van der Waals surface area contributed by atoms with Crippen LogP contribution in [-0.4, -0.2) is 21.0 Å². The zero-order valence-corrected chi connectivity index (χ0v) is 10.1. The van der Waals surface area contributed by atoms with E-state index in [1.54, 1.807) is 9.47 Å². The number of allylic oxidation sites excluding steroid dienone is 2. The van der Waals surface area contributed by atoms with Crippen molar-refractivity contribution >= 4 is 0 Å². The van der Waals surface area contributed by atoms with Gasteiger partial charge < -0.3 is 14.8 Å². The standard InChI is InChI=1S/C12H6N8/c13-3-7-9(5-15)19-1-2-20-10(6-16)8(4-14)18-12(20)11(19)17-7/h11,17H,1-2H2. The van der Waals surface area contributed by atoms with E-state index in [2.05, 4.69) is 10.3 Å². The van der Waals surface area contributed by atoms with Crippen LogP contribution in [0.4, 0.5) is 0 Å². The molecule has 0 aromatic carbocycles. The molecule has 0 fully saturated rings. The van der Waals surface area contributed by atoms with Crippen LogP contribution in [-0.2, 0) is 6.54 Å². The molecule has 1 atom stereocenters. The molecule has 20 heavy (non-hydrogen) atoms. The lowest BCUT2D eigenvalue weighted by Crippen LogP contribution is -2.39. The SMILES string of the molecule is N#CC1=C(C#N)N2CCn3c(nc(C#N)c3C#N)C2N1. The molecule has 94 valence electrons.